The number of amides is 1. The van der Waals surface area contributed by atoms with E-state index in [-0.39, 0.29) is 11.8 Å². The van der Waals surface area contributed by atoms with Crippen molar-refractivity contribution in [3.63, 3.8) is 0 Å². The molecule has 1 amide bonds. The molecule has 1 unspecified atom stereocenters. The summed E-state index contributed by atoms with van der Waals surface area (Å²) in [4.78, 5) is 24.0. The fourth-order valence-corrected chi connectivity index (χ4v) is 6.48. The molecule has 2 saturated heterocycles. The van der Waals surface area contributed by atoms with Crippen LogP contribution in [-0.2, 0) is 10.4 Å². The van der Waals surface area contributed by atoms with E-state index in [1.807, 2.05) is 49.5 Å². The average molecular weight is 508 g/mol. The van der Waals surface area contributed by atoms with Gasteiger partial charge in [-0.05, 0) is 61.6 Å². The van der Waals surface area contributed by atoms with E-state index in [1.54, 1.807) is 6.20 Å². The van der Waals surface area contributed by atoms with Gasteiger partial charge in [0.2, 0.25) is 5.91 Å². The highest BCUT2D eigenvalue weighted by Crippen LogP contribution is 2.42. The van der Waals surface area contributed by atoms with Gasteiger partial charge in [-0.1, -0.05) is 48.5 Å². The first-order chi connectivity index (χ1) is 18.4. The lowest BCUT2D eigenvalue weighted by molar-refractivity contribution is -0.130. The largest absolute Gasteiger partial charge is 0.382 e. The number of imidazole rings is 1. The van der Waals surface area contributed by atoms with Crippen LogP contribution in [0.4, 0.5) is 5.82 Å². The van der Waals surface area contributed by atoms with Crippen LogP contribution in [0, 0.1) is 0 Å². The molecule has 2 aliphatic heterocycles. The molecule has 1 aliphatic carbocycles. The van der Waals surface area contributed by atoms with Gasteiger partial charge in [0.15, 0.2) is 0 Å². The van der Waals surface area contributed by atoms with E-state index in [2.05, 4.69) is 26.4 Å². The quantitative estimate of drug-likeness (QED) is 0.397. The fourth-order valence-electron chi connectivity index (χ4n) is 6.48. The molecule has 7 heteroatoms. The fraction of sp³-hybridized carbons (Fsp3) is 0.387. The first-order valence-electron chi connectivity index (χ1n) is 13.8. The minimum absolute atomic E-state index is 0.148. The van der Waals surface area contributed by atoms with Crippen LogP contribution in [0.25, 0.3) is 16.8 Å². The van der Waals surface area contributed by atoms with Crippen LogP contribution >= 0.6 is 0 Å². The van der Waals surface area contributed by atoms with E-state index in [0.29, 0.717) is 30.7 Å². The lowest BCUT2D eigenvalue weighted by Gasteiger charge is -2.34. The lowest BCUT2D eigenvalue weighted by atomic mass is 9.86. The van der Waals surface area contributed by atoms with Crippen LogP contribution in [0.2, 0.25) is 0 Å². The topological polar surface area (TPSA) is 96.8 Å². The van der Waals surface area contributed by atoms with Crippen LogP contribution in [-0.4, -0.2) is 42.9 Å². The molecule has 0 spiro atoms. The molecule has 3 fully saturated rings. The summed E-state index contributed by atoms with van der Waals surface area (Å²) in [6.07, 6.45) is 9.72. The number of nitrogen functional groups attached to an aromatic ring is 1. The Morgan fingerprint density at radius 3 is 2.58 bits per heavy atom. The highest BCUT2D eigenvalue weighted by Gasteiger charge is 2.38. The molecule has 38 heavy (non-hydrogen) atoms. The third-order valence-electron chi connectivity index (χ3n) is 8.91. The summed E-state index contributed by atoms with van der Waals surface area (Å²) in [6.45, 7) is 2.56. The van der Waals surface area contributed by atoms with E-state index in [0.717, 1.165) is 53.0 Å². The predicted octanol–water partition coefficient (Wildman–Crippen LogP) is 4.98. The van der Waals surface area contributed by atoms with Gasteiger partial charge in [0.1, 0.15) is 28.5 Å². The van der Waals surface area contributed by atoms with Gasteiger partial charge in [0.05, 0.1) is 0 Å². The number of rotatable bonds is 5. The predicted molar refractivity (Wildman–Crippen MR) is 147 cm³/mol. The second-order valence-corrected chi connectivity index (χ2v) is 11.4. The molecule has 0 bridgehead atoms. The van der Waals surface area contributed by atoms with Gasteiger partial charge >= 0.3 is 0 Å². The molecular formula is C31H33N5O2. The summed E-state index contributed by atoms with van der Waals surface area (Å²) in [5.74, 6) is 2.40. The molecule has 1 saturated carbocycles. The number of piperidine rings is 1. The van der Waals surface area contributed by atoms with Gasteiger partial charge < -0.3 is 15.7 Å². The molecule has 3 N–H and O–H groups in total. The maximum atomic E-state index is 12.4. The minimum atomic E-state index is -1.10. The molecule has 3 aliphatic rings. The van der Waals surface area contributed by atoms with E-state index >= 15 is 0 Å². The molecule has 2 aromatic carbocycles. The third kappa shape index (κ3) is 3.79. The molecule has 194 valence electrons. The standard InChI is InChI=1S/C31H33N5O2/c1-31(38,24-4-2-3-21(17-24)19-5-6-19)23-10-7-20(8-11-23)27-28-29(32)33-15-16-35(28)30(34-27)22-9-12-25-13-14-26(37)36(25)18-22/h2-4,7-8,10-11,15-17,19,22,25,38H,5-6,9,12-14,18H2,1H3,(H2,32,33)/t22-,25+,31?/m1/s1. The first kappa shape index (κ1) is 23.4. The lowest BCUT2D eigenvalue weighted by Crippen LogP contribution is -2.41. The molecule has 4 heterocycles. The minimum Gasteiger partial charge on any atom is -0.382 e. The number of hydrogen-bond acceptors (Lipinski definition) is 5. The number of fused-ring (bicyclic) bond motifs is 2. The number of nitrogens with two attached hydrogens (primary N) is 1. The van der Waals surface area contributed by atoms with Gasteiger partial charge in [-0.15, -0.1) is 0 Å². The van der Waals surface area contributed by atoms with Crippen molar-refractivity contribution in [2.75, 3.05) is 12.3 Å². The normalized spacial score (nSPS) is 23.0. The van der Waals surface area contributed by atoms with Crippen molar-refractivity contribution in [1.29, 1.82) is 0 Å². The van der Waals surface area contributed by atoms with Crippen molar-refractivity contribution >= 4 is 17.2 Å². The van der Waals surface area contributed by atoms with Crippen molar-refractivity contribution in [2.45, 2.75) is 68.9 Å². The van der Waals surface area contributed by atoms with Crippen molar-refractivity contribution in [3.05, 3.63) is 83.4 Å². The Balaban J connectivity index is 1.24. The number of aliphatic hydroxyl groups is 1. The summed E-state index contributed by atoms with van der Waals surface area (Å²) >= 11 is 0. The van der Waals surface area contributed by atoms with Crippen LogP contribution in [0.5, 0.6) is 0 Å². The number of hydrogen-bond donors (Lipinski definition) is 2. The van der Waals surface area contributed by atoms with E-state index in [4.69, 9.17) is 10.7 Å². The number of benzene rings is 2. The summed E-state index contributed by atoms with van der Waals surface area (Å²) in [5, 5.41) is 11.5. The SMILES string of the molecule is CC(O)(c1ccc(-c2nc([C@@H]3CC[C@H]4CCC(=O)N4C3)n3ccnc(N)c23)cc1)c1cccc(C2CC2)c1. The Hall–Kier alpha value is -3.71. The summed E-state index contributed by atoms with van der Waals surface area (Å²) in [6, 6.07) is 16.7. The Labute approximate surface area is 222 Å². The zero-order chi connectivity index (χ0) is 26.0. The molecular weight excluding hydrogens is 474 g/mol. The molecule has 3 atom stereocenters. The summed E-state index contributed by atoms with van der Waals surface area (Å²) < 4.78 is 2.05. The number of aromatic nitrogens is 3. The summed E-state index contributed by atoms with van der Waals surface area (Å²) in [5.41, 5.74) is 10.8. The Kier molecular flexibility index (Phi) is 5.34. The molecule has 2 aromatic heterocycles. The van der Waals surface area contributed by atoms with Crippen LogP contribution < -0.4 is 5.73 Å². The van der Waals surface area contributed by atoms with Crippen LogP contribution in [0.3, 0.4) is 0 Å². The number of carbonyl (C=O) groups excluding carboxylic acids is 1. The van der Waals surface area contributed by atoms with Gasteiger partial charge in [0, 0.05) is 42.9 Å². The van der Waals surface area contributed by atoms with Gasteiger partial charge in [0.25, 0.3) is 0 Å². The third-order valence-corrected chi connectivity index (χ3v) is 8.91. The second kappa shape index (κ2) is 8.67. The smallest absolute Gasteiger partial charge is 0.222 e. The monoisotopic (exact) mass is 507 g/mol. The number of nitrogens with zero attached hydrogens (tertiary/aromatic N) is 4. The number of carbonyl (C=O) groups is 1. The second-order valence-electron chi connectivity index (χ2n) is 11.4. The molecule has 4 aromatic rings. The average Bonchev–Trinajstić information content (AvgIpc) is 3.63. The molecule has 0 radical (unpaired) electrons. The van der Waals surface area contributed by atoms with E-state index in [9.17, 15) is 9.90 Å². The van der Waals surface area contributed by atoms with Crippen LogP contribution in [0.15, 0.2) is 60.9 Å². The Morgan fingerprint density at radius 1 is 1.00 bits per heavy atom. The zero-order valence-corrected chi connectivity index (χ0v) is 21.7. The zero-order valence-electron chi connectivity index (χ0n) is 21.7. The van der Waals surface area contributed by atoms with Crippen molar-refractivity contribution in [3.8, 4) is 11.3 Å². The summed E-state index contributed by atoms with van der Waals surface area (Å²) in [7, 11) is 0. The van der Waals surface area contributed by atoms with Crippen molar-refractivity contribution in [1.82, 2.24) is 19.3 Å². The van der Waals surface area contributed by atoms with Crippen molar-refractivity contribution in [2.24, 2.45) is 0 Å². The van der Waals surface area contributed by atoms with Gasteiger partial charge in [-0.2, -0.15) is 0 Å². The van der Waals surface area contributed by atoms with Gasteiger partial charge in [-0.3, -0.25) is 9.20 Å². The highest BCUT2D eigenvalue weighted by molar-refractivity contribution is 5.85. The van der Waals surface area contributed by atoms with E-state index in [1.165, 1.54) is 18.4 Å². The van der Waals surface area contributed by atoms with E-state index < -0.39 is 5.60 Å². The maximum Gasteiger partial charge on any atom is 0.222 e. The van der Waals surface area contributed by atoms with Crippen molar-refractivity contribution < 1.29 is 9.90 Å². The molecule has 7 nitrogen and oxygen atoms in total. The molecule has 7 rings (SSSR count). The Morgan fingerprint density at radius 2 is 1.79 bits per heavy atom. The van der Waals surface area contributed by atoms with Crippen LogP contribution in [0.1, 0.15) is 79.8 Å². The number of anilines is 1. The Bertz CT molecular complexity index is 1540. The highest BCUT2D eigenvalue weighted by atomic mass is 16.3. The first-order valence-corrected chi connectivity index (χ1v) is 13.8. The maximum absolute atomic E-state index is 12.4. The van der Waals surface area contributed by atoms with Gasteiger partial charge in [-0.25, -0.2) is 9.97 Å².